The summed E-state index contributed by atoms with van der Waals surface area (Å²) in [6.45, 7) is 1.29. The number of hydrogen-bond donors (Lipinski definition) is 2. The number of halogens is 1. The molecule has 1 aromatic heterocycles. The fourth-order valence-electron chi connectivity index (χ4n) is 1.50. The molecule has 0 aliphatic heterocycles. The topological polar surface area (TPSA) is 71.2 Å². The summed E-state index contributed by atoms with van der Waals surface area (Å²) in [6, 6.07) is 9.85. The molecule has 5 nitrogen and oxygen atoms in total. The number of H-pyrrole nitrogens is 1. The zero-order chi connectivity index (χ0) is 13.8. The Morgan fingerprint density at radius 1 is 1.21 bits per heavy atom. The van der Waals surface area contributed by atoms with Gasteiger partial charge in [0, 0.05) is 13.0 Å². The molecule has 0 fully saturated rings. The zero-order valence-corrected chi connectivity index (χ0v) is 10.8. The van der Waals surface area contributed by atoms with Gasteiger partial charge in [0.25, 0.3) is 5.91 Å². The maximum Gasteiger partial charge on any atom is 0.309 e. The molecule has 0 atom stereocenters. The van der Waals surface area contributed by atoms with Gasteiger partial charge in [-0.2, -0.15) is 0 Å². The molecule has 0 saturated carbocycles. The van der Waals surface area contributed by atoms with Crippen molar-refractivity contribution in [2.75, 3.05) is 5.32 Å². The van der Waals surface area contributed by atoms with Gasteiger partial charge in [-0.25, -0.2) is 0 Å². The second-order valence-electron chi connectivity index (χ2n) is 3.76. The van der Waals surface area contributed by atoms with Gasteiger partial charge < -0.3 is 15.0 Å². The zero-order valence-electron chi connectivity index (χ0n) is 10.1. The molecule has 1 aromatic carbocycles. The highest BCUT2D eigenvalue weighted by atomic mass is 35.5. The Hall–Kier alpha value is -2.27. The van der Waals surface area contributed by atoms with E-state index < -0.39 is 5.97 Å². The number of hydrogen-bond acceptors (Lipinski definition) is 3. The molecule has 1 amide bonds. The highest BCUT2D eigenvalue weighted by Crippen LogP contribution is 2.18. The first-order chi connectivity index (χ1) is 9.06. The fraction of sp³-hybridized carbons (Fsp3) is 0.0769. The van der Waals surface area contributed by atoms with Crippen LogP contribution in [0, 0.1) is 0 Å². The molecule has 19 heavy (non-hydrogen) atoms. The number of aromatic nitrogens is 1. The molecule has 0 radical (unpaired) electrons. The van der Waals surface area contributed by atoms with Gasteiger partial charge in [0.2, 0.25) is 5.88 Å². The van der Waals surface area contributed by atoms with Crippen LogP contribution >= 0.6 is 11.6 Å². The number of aromatic amines is 1. The van der Waals surface area contributed by atoms with Crippen LogP contribution in [0.4, 0.5) is 5.82 Å². The second-order valence-corrected chi connectivity index (χ2v) is 4.17. The largest absolute Gasteiger partial charge is 0.410 e. The Morgan fingerprint density at radius 2 is 1.95 bits per heavy atom. The van der Waals surface area contributed by atoms with Crippen LogP contribution in [0.2, 0.25) is 5.02 Å². The summed E-state index contributed by atoms with van der Waals surface area (Å²) in [7, 11) is 0. The number of nitrogens with one attached hydrogen (secondary N) is 2. The minimum atomic E-state index is -0.439. The van der Waals surface area contributed by atoms with Crippen LogP contribution in [-0.2, 0) is 4.79 Å². The van der Waals surface area contributed by atoms with Gasteiger partial charge in [0.15, 0.2) is 0 Å². The summed E-state index contributed by atoms with van der Waals surface area (Å²) in [6.07, 6.45) is 0. The Kier molecular flexibility index (Phi) is 3.87. The first kappa shape index (κ1) is 13.2. The van der Waals surface area contributed by atoms with Crippen LogP contribution in [0.25, 0.3) is 0 Å². The highest BCUT2D eigenvalue weighted by molar-refractivity contribution is 6.34. The van der Waals surface area contributed by atoms with Crippen molar-refractivity contribution in [1.29, 1.82) is 0 Å². The standard InChI is InChI=1S/C13H11ClN2O3/c1-8(17)19-12-7-6-11(15-12)16-13(18)9-4-2-3-5-10(9)14/h2-7,15H,1H3,(H,16,18). The van der Waals surface area contributed by atoms with Gasteiger partial charge in [0.1, 0.15) is 5.82 Å². The van der Waals surface area contributed by atoms with Crippen LogP contribution < -0.4 is 10.1 Å². The molecule has 2 aromatic rings. The van der Waals surface area contributed by atoms with E-state index in [2.05, 4.69) is 10.3 Å². The molecule has 0 saturated heterocycles. The minimum absolute atomic E-state index is 0.266. The van der Waals surface area contributed by atoms with E-state index >= 15 is 0 Å². The van der Waals surface area contributed by atoms with Crippen molar-refractivity contribution >= 4 is 29.3 Å². The lowest BCUT2D eigenvalue weighted by Gasteiger charge is -2.04. The van der Waals surface area contributed by atoms with Gasteiger partial charge in [-0.3, -0.25) is 9.59 Å². The van der Waals surface area contributed by atoms with E-state index in [9.17, 15) is 9.59 Å². The number of carbonyl (C=O) groups is 2. The molecule has 0 bridgehead atoms. The average Bonchev–Trinajstić information content (AvgIpc) is 2.76. The first-order valence-electron chi connectivity index (χ1n) is 5.49. The van der Waals surface area contributed by atoms with Crippen LogP contribution in [0.3, 0.4) is 0 Å². The number of amides is 1. The molecule has 0 unspecified atom stereocenters. The highest BCUT2D eigenvalue weighted by Gasteiger charge is 2.11. The fourth-order valence-corrected chi connectivity index (χ4v) is 1.72. The lowest BCUT2D eigenvalue weighted by Crippen LogP contribution is -2.12. The maximum absolute atomic E-state index is 11.9. The SMILES string of the molecule is CC(=O)Oc1ccc(NC(=O)c2ccccc2Cl)[nH]1. The number of carbonyl (C=O) groups excluding carboxylic acids is 2. The third kappa shape index (κ3) is 3.35. The number of esters is 1. The predicted octanol–water partition coefficient (Wildman–Crippen LogP) is 2.85. The Bertz CT molecular complexity index is 622. The van der Waals surface area contributed by atoms with Gasteiger partial charge in [-0.05, 0) is 18.2 Å². The van der Waals surface area contributed by atoms with Crippen molar-refractivity contribution in [2.45, 2.75) is 6.92 Å². The maximum atomic E-state index is 11.9. The molecule has 0 aliphatic carbocycles. The number of anilines is 1. The predicted molar refractivity (Wildman–Crippen MR) is 71.5 cm³/mol. The number of benzene rings is 1. The van der Waals surface area contributed by atoms with Crippen LogP contribution in [-0.4, -0.2) is 16.9 Å². The van der Waals surface area contributed by atoms with Crippen molar-refractivity contribution in [2.24, 2.45) is 0 Å². The summed E-state index contributed by atoms with van der Waals surface area (Å²) in [5.41, 5.74) is 0.368. The van der Waals surface area contributed by atoms with E-state index in [4.69, 9.17) is 16.3 Å². The molecule has 0 spiro atoms. The Labute approximate surface area is 114 Å². The average molecular weight is 279 g/mol. The third-order valence-electron chi connectivity index (χ3n) is 2.28. The van der Waals surface area contributed by atoms with Crippen molar-refractivity contribution in [1.82, 2.24) is 4.98 Å². The van der Waals surface area contributed by atoms with Gasteiger partial charge in [-0.15, -0.1) is 0 Å². The molecular weight excluding hydrogens is 268 g/mol. The molecule has 2 rings (SSSR count). The molecule has 6 heteroatoms. The van der Waals surface area contributed by atoms with E-state index in [0.29, 0.717) is 16.4 Å². The monoisotopic (exact) mass is 278 g/mol. The molecule has 98 valence electrons. The molecular formula is C13H11ClN2O3. The first-order valence-corrected chi connectivity index (χ1v) is 5.87. The van der Waals surface area contributed by atoms with Crippen molar-refractivity contribution in [3.63, 3.8) is 0 Å². The Morgan fingerprint density at radius 3 is 2.63 bits per heavy atom. The van der Waals surface area contributed by atoms with Gasteiger partial charge >= 0.3 is 5.97 Å². The summed E-state index contributed by atoms with van der Waals surface area (Å²) >= 11 is 5.92. The van der Waals surface area contributed by atoms with E-state index in [1.165, 1.54) is 6.92 Å². The van der Waals surface area contributed by atoms with Crippen molar-refractivity contribution in [3.05, 3.63) is 47.0 Å². The lowest BCUT2D eigenvalue weighted by atomic mass is 10.2. The van der Waals surface area contributed by atoms with Crippen LogP contribution in [0.5, 0.6) is 5.88 Å². The normalized spacial score (nSPS) is 10.0. The molecule has 1 heterocycles. The summed E-state index contributed by atoms with van der Waals surface area (Å²) in [5, 5.41) is 2.99. The minimum Gasteiger partial charge on any atom is -0.410 e. The smallest absolute Gasteiger partial charge is 0.309 e. The molecule has 2 N–H and O–H groups in total. The van der Waals surface area contributed by atoms with E-state index in [1.54, 1.807) is 36.4 Å². The lowest BCUT2D eigenvalue weighted by molar-refractivity contribution is -0.132. The summed E-state index contributed by atoms with van der Waals surface area (Å²) < 4.78 is 4.83. The van der Waals surface area contributed by atoms with Gasteiger partial charge in [0.05, 0.1) is 10.6 Å². The van der Waals surface area contributed by atoms with Gasteiger partial charge in [-0.1, -0.05) is 23.7 Å². The van der Waals surface area contributed by atoms with E-state index in [0.717, 1.165) is 0 Å². The van der Waals surface area contributed by atoms with Crippen molar-refractivity contribution in [3.8, 4) is 5.88 Å². The summed E-state index contributed by atoms with van der Waals surface area (Å²) in [5.74, 6) is -0.101. The number of rotatable bonds is 3. The van der Waals surface area contributed by atoms with Crippen molar-refractivity contribution < 1.29 is 14.3 Å². The van der Waals surface area contributed by atoms with Crippen LogP contribution in [0.15, 0.2) is 36.4 Å². The quantitative estimate of drug-likeness (QED) is 0.848. The third-order valence-corrected chi connectivity index (χ3v) is 2.61. The van der Waals surface area contributed by atoms with E-state index in [-0.39, 0.29) is 11.8 Å². The Balaban J connectivity index is 2.09. The summed E-state index contributed by atoms with van der Waals surface area (Å²) in [4.78, 5) is 25.5. The second kappa shape index (κ2) is 5.58. The molecule has 0 aliphatic rings. The van der Waals surface area contributed by atoms with Crippen LogP contribution in [0.1, 0.15) is 17.3 Å². The van der Waals surface area contributed by atoms with E-state index in [1.807, 2.05) is 0 Å². The number of ether oxygens (including phenoxy) is 1.